The van der Waals surface area contributed by atoms with Crippen LogP contribution in [0.15, 0.2) is 47.8 Å². The van der Waals surface area contributed by atoms with Crippen LogP contribution in [0.1, 0.15) is 35.0 Å². The zero-order valence-electron chi connectivity index (χ0n) is 15.7. The highest BCUT2D eigenvalue weighted by molar-refractivity contribution is 7.09. The fourth-order valence-electron chi connectivity index (χ4n) is 3.30. The quantitative estimate of drug-likeness (QED) is 0.770. The Morgan fingerprint density at radius 2 is 1.89 bits per heavy atom. The summed E-state index contributed by atoms with van der Waals surface area (Å²) in [5.41, 5.74) is 0.565. The first kappa shape index (κ1) is 19.6. The molecule has 2 heterocycles. The third-order valence-electron chi connectivity index (χ3n) is 5.01. The van der Waals surface area contributed by atoms with E-state index in [0.29, 0.717) is 18.0 Å². The summed E-state index contributed by atoms with van der Waals surface area (Å²) in [6.07, 6.45) is 2.19. The predicted molar refractivity (Wildman–Crippen MR) is 109 cm³/mol. The van der Waals surface area contributed by atoms with Gasteiger partial charge in [0.15, 0.2) is 0 Å². The first-order chi connectivity index (χ1) is 13.1. The normalized spacial score (nSPS) is 16.6. The maximum absolute atomic E-state index is 12.3. The number of piperidine rings is 1. The highest BCUT2D eigenvalue weighted by atomic mass is 32.1. The minimum atomic E-state index is -0.545. The molecular formula is C21H27N3O2S. The predicted octanol–water partition coefficient (Wildman–Crippen LogP) is 2.89. The number of hydrogen-bond donors (Lipinski definition) is 2. The number of likely N-dealkylation sites (tertiary alicyclic amines) is 1. The standard InChI is InChI=1S/C21H27N3O2S/c1-16(23-21(26)18-6-3-2-4-7-18)20(25)22-14-17-9-11-24(12-10-17)15-19-8-5-13-27-19/h2-8,13,16-17H,9-12,14-15H2,1H3,(H,22,25)(H,23,26). The van der Waals surface area contributed by atoms with Crippen molar-refractivity contribution in [1.29, 1.82) is 0 Å². The van der Waals surface area contributed by atoms with E-state index < -0.39 is 6.04 Å². The van der Waals surface area contributed by atoms with Crippen LogP contribution < -0.4 is 10.6 Å². The molecule has 27 heavy (non-hydrogen) atoms. The van der Waals surface area contributed by atoms with Gasteiger partial charge in [-0.25, -0.2) is 0 Å². The van der Waals surface area contributed by atoms with E-state index in [4.69, 9.17) is 0 Å². The number of amides is 2. The molecule has 1 aliphatic heterocycles. The molecule has 3 rings (SSSR count). The second-order valence-electron chi connectivity index (χ2n) is 7.11. The maximum Gasteiger partial charge on any atom is 0.251 e. The van der Waals surface area contributed by atoms with Gasteiger partial charge in [-0.2, -0.15) is 0 Å². The Balaban J connectivity index is 1.36. The molecule has 1 aromatic heterocycles. The first-order valence-corrected chi connectivity index (χ1v) is 10.4. The van der Waals surface area contributed by atoms with Crippen molar-refractivity contribution in [2.45, 2.75) is 32.4 Å². The number of rotatable bonds is 7. The maximum atomic E-state index is 12.3. The van der Waals surface area contributed by atoms with E-state index in [2.05, 4.69) is 33.0 Å². The lowest BCUT2D eigenvalue weighted by Gasteiger charge is -2.31. The summed E-state index contributed by atoms with van der Waals surface area (Å²) < 4.78 is 0. The van der Waals surface area contributed by atoms with E-state index in [9.17, 15) is 9.59 Å². The number of hydrogen-bond acceptors (Lipinski definition) is 4. The van der Waals surface area contributed by atoms with Gasteiger partial charge in [0.05, 0.1) is 0 Å². The van der Waals surface area contributed by atoms with Gasteiger partial charge in [-0.1, -0.05) is 24.3 Å². The van der Waals surface area contributed by atoms with Crippen molar-refractivity contribution in [1.82, 2.24) is 15.5 Å². The average Bonchev–Trinajstić information content (AvgIpc) is 3.21. The van der Waals surface area contributed by atoms with Crippen LogP contribution in [-0.4, -0.2) is 42.4 Å². The smallest absolute Gasteiger partial charge is 0.251 e. The van der Waals surface area contributed by atoms with Gasteiger partial charge in [0.1, 0.15) is 6.04 Å². The Bertz CT molecular complexity index is 725. The number of nitrogens with zero attached hydrogens (tertiary/aromatic N) is 1. The summed E-state index contributed by atoms with van der Waals surface area (Å²) in [6.45, 7) is 5.56. The Kier molecular flexibility index (Phi) is 7.01. The molecule has 2 amide bonds. The van der Waals surface area contributed by atoms with Crippen molar-refractivity contribution in [2.24, 2.45) is 5.92 Å². The largest absolute Gasteiger partial charge is 0.354 e. The van der Waals surface area contributed by atoms with Crippen molar-refractivity contribution in [3.63, 3.8) is 0 Å². The molecule has 6 heteroatoms. The van der Waals surface area contributed by atoms with Crippen molar-refractivity contribution in [2.75, 3.05) is 19.6 Å². The lowest BCUT2D eigenvalue weighted by Crippen LogP contribution is -2.47. The topological polar surface area (TPSA) is 61.4 Å². The average molecular weight is 386 g/mol. The van der Waals surface area contributed by atoms with Crippen LogP contribution in [0.25, 0.3) is 0 Å². The Morgan fingerprint density at radius 3 is 2.56 bits per heavy atom. The molecule has 144 valence electrons. The number of nitrogens with one attached hydrogen (secondary N) is 2. The fraction of sp³-hybridized carbons (Fsp3) is 0.429. The van der Waals surface area contributed by atoms with Gasteiger partial charge in [-0.15, -0.1) is 11.3 Å². The molecule has 2 aromatic rings. The summed E-state index contributed by atoms with van der Waals surface area (Å²) >= 11 is 1.80. The van der Waals surface area contributed by atoms with Gasteiger partial charge >= 0.3 is 0 Å². The zero-order valence-corrected chi connectivity index (χ0v) is 16.5. The SMILES string of the molecule is CC(NC(=O)c1ccccc1)C(=O)NCC1CCN(Cc2cccs2)CC1. The van der Waals surface area contributed by atoms with E-state index in [0.717, 1.165) is 32.5 Å². The molecule has 1 atom stereocenters. The second-order valence-corrected chi connectivity index (χ2v) is 8.14. The summed E-state index contributed by atoms with van der Waals surface area (Å²) in [7, 11) is 0. The van der Waals surface area contributed by atoms with Gasteiger partial charge in [0.25, 0.3) is 5.91 Å². The molecule has 1 fully saturated rings. The molecule has 0 saturated carbocycles. The Morgan fingerprint density at radius 1 is 1.15 bits per heavy atom. The van der Waals surface area contributed by atoms with Crippen molar-refractivity contribution >= 4 is 23.2 Å². The third kappa shape index (κ3) is 5.91. The van der Waals surface area contributed by atoms with E-state index in [-0.39, 0.29) is 11.8 Å². The first-order valence-electron chi connectivity index (χ1n) is 9.50. The van der Waals surface area contributed by atoms with Crippen LogP contribution in [0.4, 0.5) is 0 Å². The molecule has 1 aromatic carbocycles. The molecule has 0 aliphatic carbocycles. The summed E-state index contributed by atoms with van der Waals surface area (Å²) in [5, 5.41) is 7.88. The van der Waals surface area contributed by atoms with Gasteiger partial charge in [0.2, 0.25) is 5.91 Å². The number of carbonyl (C=O) groups is 2. The van der Waals surface area contributed by atoms with E-state index in [1.807, 2.05) is 18.2 Å². The summed E-state index contributed by atoms with van der Waals surface area (Å²) in [4.78, 5) is 28.3. The monoisotopic (exact) mass is 385 g/mol. The molecule has 0 spiro atoms. The fourth-order valence-corrected chi connectivity index (χ4v) is 4.05. The highest BCUT2D eigenvalue weighted by Gasteiger charge is 2.22. The molecule has 1 saturated heterocycles. The van der Waals surface area contributed by atoms with Gasteiger partial charge < -0.3 is 10.6 Å². The van der Waals surface area contributed by atoms with Crippen LogP contribution in [0.2, 0.25) is 0 Å². The Hall–Kier alpha value is -2.18. The second kappa shape index (κ2) is 9.67. The van der Waals surface area contributed by atoms with Crippen LogP contribution in [0, 0.1) is 5.92 Å². The van der Waals surface area contributed by atoms with Crippen molar-refractivity contribution < 1.29 is 9.59 Å². The minimum Gasteiger partial charge on any atom is -0.354 e. The summed E-state index contributed by atoms with van der Waals surface area (Å²) in [6, 6.07) is 12.7. The van der Waals surface area contributed by atoms with Crippen LogP contribution in [-0.2, 0) is 11.3 Å². The van der Waals surface area contributed by atoms with Crippen LogP contribution >= 0.6 is 11.3 Å². The van der Waals surface area contributed by atoms with Crippen LogP contribution in [0.5, 0.6) is 0 Å². The lowest BCUT2D eigenvalue weighted by molar-refractivity contribution is -0.122. The molecule has 5 nitrogen and oxygen atoms in total. The molecule has 0 bridgehead atoms. The van der Waals surface area contributed by atoms with Crippen molar-refractivity contribution in [3.8, 4) is 0 Å². The summed E-state index contributed by atoms with van der Waals surface area (Å²) in [5.74, 6) is 0.158. The third-order valence-corrected chi connectivity index (χ3v) is 5.87. The van der Waals surface area contributed by atoms with Gasteiger partial charge in [-0.3, -0.25) is 14.5 Å². The van der Waals surface area contributed by atoms with Gasteiger partial charge in [-0.05, 0) is 62.4 Å². The minimum absolute atomic E-state index is 0.125. The molecule has 1 aliphatic rings. The van der Waals surface area contributed by atoms with E-state index in [1.54, 1.807) is 30.4 Å². The van der Waals surface area contributed by atoms with Crippen LogP contribution in [0.3, 0.4) is 0 Å². The lowest BCUT2D eigenvalue weighted by atomic mass is 9.96. The zero-order chi connectivity index (χ0) is 19.1. The van der Waals surface area contributed by atoms with E-state index >= 15 is 0 Å². The molecule has 2 N–H and O–H groups in total. The molecular weight excluding hydrogens is 358 g/mol. The highest BCUT2D eigenvalue weighted by Crippen LogP contribution is 2.20. The number of thiophene rings is 1. The van der Waals surface area contributed by atoms with Gasteiger partial charge in [0, 0.05) is 23.5 Å². The Labute approximate surface area is 164 Å². The number of benzene rings is 1. The van der Waals surface area contributed by atoms with Crippen molar-refractivity contribution in [3.05, 3.63) is 58.3 Å². The van der Waals surface area contributed by atoms with E-state index in [1.165, 1.54) is 4.88 Å². The molecule has 0 radical (unpaired) electrons. The molecule has 1 unspecified atom stereocenters. The number of carbonyl (C=O) groups excluding carboxylic acids is 2.